The second-order valence-corrected chi connectivity index (χ2v) is 4.35. The van der Waals surface area contributed by atoms with Crippen LogP contribution in [0.4, 0.5) is 0 Å². The number of benzene rings is 1. The zero-order chi connectivity index (χ0) is 13.4. The largest absolute Gasteiger partial charge is 0.419 e. The molecule has 2 aromatic heterocycles. The van der Waals surface area contributed by atoms with Crippen molar-refractivity contribution in [2.24, 2.45) is 12.8 Å². The molecule has 0 fully saturated rings. The number of hydrogen-bond acceptors (Lipinski definition) is 4. The van der Waals surface area contributed by atoms with E-state index in [9.17, 15) is 4.79 Å². The summed E-state index contributed by atoms with van der Waals surface area (Å²) in [6.07, 6.45) is 3.49. The van der Waals surface area contributed by atoms with Gasteiger partial charge in [-0.05, 0) is 34.9 Å². The Morgan fingerprint density at radius 1 is 1.37 bits per heavy atom. The minimum atomic E-state index is -0.360. The van der Waals surface area contributed by atoms with Crippen molar-refractivity contribution in [1.82, 2.24) is 9.55 Å². The summed E-state index contributed by atoms with van der Waals surface area (Å²) in [4.78, 5) is 15.5. The number of fused-ring (bicyclic) bond motifs is 1. The first-order valence-electron chi connectivity index (χ1n) is 5.93. The van der Waals surface area contributed by atoms with Crippen LogP contribution in [0.15, 0.2) is 45.9 Å². The molecule has 0 saturated carbocycles. The molecular weight excluding hydrogens is 242 g/mol. The Hall–Kier alpha value is -2.40. The van der Waals surface area contributed by atoms with Gasteiger partial charge in [-0.25, -0.2) is 4.79 Å². The Morgan fingerprint density at radius 2 is 2.21 bits per heavy atom. The molecule has 0 unspecified atom stereocenters. The first-order chi connectivity index (χ1) is 9.20. The lowest BCUT2D eigenvalue weighted by Crippen LogP contribution is -2.08. The lowest BCUT2D eigenvalue weighted by Gasteiger charge is -2.07. The van der Waals surface area contributed by atoms with E-state index in [0.29, 0.717) is 12.1 Å². The van der Waals surface area contributed by atoms with Crippen molar-refractivity contribution in [3.8, 4) is 11.1 Å². The summed E-state index contributed by atoms with van der Waals surface area (Å²) < 4.78 is 6.60. The molecule has 2 N–H and O–H groups in total. The summed E-state index contributed by atoms with van der Waals surface area (Å²) >= 11 is 0. The fourth-order valence-electron chi connectivity index (χ4n) is 2.17. The van der Waals surface area contributed by atoms with Crippen LogP contribution in [-0.4, -0.2) is 9.55 Å². The van der Waals surface area contributed by atoms with Crippen LogP contribution in [0, 0.1) is 0 Å². The number of oxazole rings is 1. The molecule has 1 aromatic carbocycles. The van der Waals surface area contributed by atoms with Gasteiger partial charge in [-0.3, -0.25) is 9.55 Å². The first-order valence-corrected chi connectivity index (χ1v) is 5.93. The molecule has 0 amide bonds. The van der Waals surface area contributed by atoms with Gasteiger partial charge in [-0.15, -0.1) is 0 Å². The summed E-state index contributed by atoms with van der Waals surface area (Å²) in [6.45, 7) is 0.422. The highest BCUT2D eigenvalue weighted by molar-refractivity contribution is 5.81. The predicted molar refractivity (Wildman–Crippen MR) is 72.6 cm³/mol. The fourth-order valence-corrected chi connectivity index (χ4v) is 2.17. The molecule has 0 atom stereocenters. The molecule has 0 saturated heterocycles. The van der Waals surface area contributed by atoms with Gasteiger partial charge in [0.25, 0.3) is 0 Å². The third-order valence-electron chi connectivity index (χ3n) is 3.23. The molecule has 0 aliphatic rings. The molecule has 2 heterocycles. The molecule has 0 spiro atoms. The summed E-state index contributed by atoms with van der Waals surface area (Å²) in [6, 6.07) is 7.56. The van der Waals surface area contributed by atoms with Crippen molar-refractivity contribution in [3.05, 3.63) is 52.8 Å². The summed E-state index contributed by atoms with van der Waals surface area (Å²) in [5.74, 6) is -0.360. The van der Waals surface area contributed by atoms with Gasteiger partial charge in [0, 0.05) is 26.0 Å². The fraction of sp³-hybridized carbons (Fsp3) is 0.143. The Kier molecular flexibility index (Phi) is 2.68. The van der Waals surface area contributed by atoms with Crippen molar-refractivity contribution in [3.63, 3.8) is 0 Å². The van der Waals surface area contributed by atoms with E-state index in [4.69, 9.17) is 10.2 Å². The number of nitrogens with two attached hydrogens (primary N) is 1. The van der Waals surface area contributed by atoms with E-state index >= 15 is 0 Å². The van der Waals surface area contributed by atoms with Crippen molar-refractivity contribution in [2.75, 3.05) is 0 Å². The number of pyridine rings is 1. The van der Waals surface area contributed by atoms with Gasteiger partial charge < -0.3 is 10.2 Å². The Balaban J connectivity index is 2.25. The van der Waals surface area contributed by atoms with Gasteiger partial charge in [0.2, 0.25) is 0 Å². The maximum Gasteiger partial charge on any atom is 0.419 e. The number of hydrogen-bond donors (Lipinski definition) is 1. The summed E-state index contributed by atoms with van der Waals surface area (Å²) in [5, 5.41) is 0. The van der Waals surface area contributed by atoms with Crippen molar-refractivity contribution < 1.29 is 4.42 Å². The zero-order valence-electron chi connectivity index (χ0n) is 10.5. The number of nitrogens with zero attached hydrogens (tertiary/aromatic N) is 2. The molecule has 5 nitrogen and oxygen atoms in total. The van der Waals surface area contributed by atoms with Crippen molar-refractivity contribution >= 4 is 11.1 Å². The smallest absolute Gasteiger partial charge is 0.408 e. The van der Waals surface area contributed by atoms with E-state index in [1.807, 2.05) is 18.2 Å². The molecule has 3 rings (SSSR count). The quantitative estimate of drug-likeness (QED) is 0.755. The maximum absolute atomic E-state index is 11.5. The average Bonchev–Trinajstić information content (AvgIpc) is 2.74. The molecule has 0 aliphatic carbocycles. The van der Waals surface area contributed by atoms with Gasteiger partial charge in [-0.1, -0.05) is 6.07 Å². The molecule has 0 aliphatic heterocycles. The highest BCUT2D eigenvalue weighted by Gasteiger charge is 2.09. The third kappa shape index (κ3) is 1.84. The topological polar surface area (TPSA) is 74.0 Å². The summed E-state index contributed by atoms with van der Waals surface area (Å²) in [5.41, 5.74) is 10.1. The number of aryl methyl sites for hydroxylation is 1. The molecule has 19 heavy (non-hydrogen) atoms. The lowest BCUT2D eigenvalue weighted by atomic mass is 10.0. The minimum absolute atomic E-state index is 0.360. The molecular formula is C14H13N3O2. The Bertz CT molecular complexity index is 802. The highest BCUT2D eigenvalue weighted by Crippen LogP contribution is 2.26. The zero-order valence-corrected chi connectivity index (χ0v) is 10.5. The normalized spacial score (nSPS) is 11.1. The second-order valence-electron chi connectivity index (χ2n) is 4.35. The summed E-state index contributed by atoms with van der Waals surface area (Å²) in [7, 11) is 1.69. The number of rotatable bonds is 2. The van der Waals surface area contributed by atoms with E-state index in [0.717, 1.165) is 22.2 Å². The average molecular weight is 255 g/mol. The van der Waals surface area contributed by atoms with Crippen LogP contribution in [0.25, 0.3) is 22.2 Å². The van der Waals surface area contributed by atoms with E-state index in [-0.39, 0.29) is 5.76 Å². The van der Waals surface area contributed by atoms with Crippen LogP contribution in [-0.2, 0) is 13.6 Å². The van der Waals surface area contributed by atoms with Gasteiger partial charge >= 0.3 is 5.76 Å². The van der Waals surface area contributed by atoms with Crippen LogP contribution in [0.2, 0.25) is 0 Å². The third-order valence-corrected chi connectivity index (χ3v) is 3.23. The SMILES string of the molecule is Cn1c(=O)oc2ccc(-c3ccncc3CN)cc21. The van der Waals surface area contributed by atoms with Crippen LogP contribution in [0.1, 0.15) is 5.56 Å². The lowest BCUT2D eigenvalue weighted by molar-refractivity contribution is 0.528. The van der Waals surface area contributed by atoms with Crippen LogP contribution in [0.5, 0.6) is 0 Å². The molecule has 5 heteroatoms. The van der Waals surface area contributed by atoms with E-state index in [1.54, 1.807) is 25.5 Å². The Morgan fingerprint density at radius 3 is 3.00 bits per heavy atom. The predicted octanol–water partition coefficient (Wildman–Crippen LogP) is 1.65. The van der Waals surface area contributed by atoms with Crippen molar-refractivity contribution in [1.29, 1.82) is 0 Å². The highest BCUT2D eigenvalue weighted by atomic mass is 16.4. The number of aromatic nitrogens is 2. The first kappa shape index (κ1) is 11.7. The monoisotopic (exact) mass is 255 g/mol. The van der Waals surface area contributed by atoms with Gasteiger partial charge in [0.05, 0.1) is 5.52 Å². The Labute approximate surface area is 109 Å². The van der Waals surface area contributed by atoms with E-state index in [2.05, 4.69) is 4.98 Å². The molecule has 3 aromatic rings. The molecule has 96 valence electrons. The molecule has 0 bridgehead atoms. The van der Waals surface area contributed by atoms with Crippen LogP contribution >= 0.6 is 0 Å². The minimum Gasteiger partial charge on any atom is -0.408 e. The van der Waals surface area contributed by atoms with Crippen LogP contribution < -0.4 is 11.5 Å². The van der Waals surface area contributed by atoms with Gasteiger partial charge in [0.1, 0.15) is 0 Å². The van der Waals surface area contributed by atoms with Gasteiger partial charge in [-0.2, -0.15) is 0 Å². The second kappa shape index (κ2) is 4.37. The van der Waals surface area contributed by atoms with Gasteiger partial charge in [0.15, 0.2) is 5.58 Å². The van der Waals surface area contributed by atoms with E-state index < -0.39 is 0 Å². The standard InChI is InChI=1S/C14H13N3O2/c1-17-12-6-9(2-3-13(12)19-14(17)18)11-4-5-16-8-10(11)7-15/h2-6,8H,7,15H2,1H3. The molecule has 0 radical (unpaired) electrons. The van der Waals surface area contributed by atoms with E-state index in [1.165, 1.54) is 4.57 Å². The van der Waals surface area contributed by atoms with Crippen molar-refractivity contribution in [2.45, 2.75) is 6.54 Å². The van der Waals surface area contributed by atoms with Crippen LogP contribution in [0.3, 0.4) is 0 Å². The maximum atomic E-state index is 11.5.